The molecule has 0 radical (unpaired) electrons. The van der Waals surface area contributed by atoms with E-state index in [1.165, 1.54) is 24.3 Å². The number of non-ortho nitro benzene ring substituents is 1. The standard InChI is InChI=1S/C23H20N4O4S/c28-27(29)21-11-13-22(14-12-21)32(30,31)24-15-20-17-26(16-18-7-3-1-4-8-18)25-23(20)19-9-5-2-6-10-19/h1-14,17,24H,15-16H2. The van der Waals surface area contributed by atoms with Crippen LogP contribution < -0.4 is 4.72 Å². The van der Waals surface area contributed by atoms with Crippen molar-refractivity contribution in [1.29, 1.82) is 0 Å². The van der Waals surface area contributed by atoms with E-state index in [-0.39, 0.29) is 17.1 Å². The monoisotopic (exact) mass is 448 g/mol. The fourth-order valence-electron chi connectivity index (χ4n) is 3.29. The number of nitrogens with zero attached hydrogens (tertiary/aromatic N) is 3. The molecule has 8 nitrogen and oxygen atoms in total. The van der Waals surface area contributed by atoms with Gasteiger partial charge in [-0.05, 0) is 17.7 Å². The Morgan fingerprint density at radius 1 is 0.906 bits per heavy atom. The summed E-state index contributed by atoms with van der Waals surface area (Å²) in [6.07, 6.45) is 1.83. The van der Waals surface area contributed by atoms with Crippen molar-refractivity contribution in [3.63, 3.8) is 0 Å². The Morgan fingerprint density at radius 3 is 2.16 bits per heavy atom. The van der Waals surface area contributed by atoms with Crippen molar-refractivity contribution in [3.8, 4) is 11.3 Å². The molecule has 0 aliphatic carbocycles. The molecule has 1 aromatic heterocycles. The van der Waals surface area contributed by atoms with E-state index in [2.05, 4.69) is 9.82 Å². The largest absolute Gasteiger partial charge is 0.269 e. The summed E-state index contributed by atoms with van der Waals surface area (Å²) < 4.78 is 29.8. The van der Waals surface area contributed by atoms with Crippen LogP contribution in [0.3, 0.4) is 0 Å². The van der Waals surface area contributed by atoms with Crippen molar-refractivity contribution in [1.82, 2.24) is 14.5 Å². The van der Waals surface area contributed by atoms with Crippen LogP contribution in [0.25, 0.3) is 11.3 Å². The molecule has 0 bridgehead atoms. The van der Waals surface area contributed by atoms with Crippen LogP contribution in [0.2, 0.25) is 0 Å². The van der Waals surface area contributed by atoms with E-state index in [1.807, 2.05) is 66.9 Å². The highest BCUT2D eigenvalue weighted by Crippen LogP contribution is 2.23. The first-order valence-electron chi connectivity index (χ1n) is 9.82. The summed E-state index contributed by atoms with van der Waals surface area (Å²) in [6.45, 7) is 0.577. The normalized spacial score (nSPS) is 11.4. The summed E-state index contributed by atoms with van der Waals surface area (Å²) >= 11 is 0. The Bertz CT molecular complexity index is 1320. The van der Waals surface area contributed by atoms with E-state index in [0.29, 0.717) is 12.2 Å². The summed E-state index contributed by atoms with van der Waals surface area (Å²) in [5.41, 5.74) is 3.19. The zero-order chi connectivity index (χ0) is 22.6. The van der Waals surface area contributed by atoms with Gasteiger partial charge in [-0.1, -0.05) is 60.7 Å². The van der Waals surface area contributed by atoms with Crippen LogP contribution >= 0.6 is 0 Å². The summed E-state index contributed by atoms with van der Waals surface area (Å²) in [4.78, 5) is 10.2. The number of rotatable bonds is 8. The number of aromatic nitrogens is 2. The summed E-state index contributed by atoms with van der Waals surface area (Å²) in [7, 11) is -3.86. The molecule has 162 valence electrons. The lowest BCUT2D eigenvalue weighted by Gasteiger charge is -2.07. The third-order valence-electron chi connectivity index (χ3n) is 4.88. The second kappa shape index (κ2) is 9.13. The van der Waals surface area contributed by atoms with Crippen LogP contribution in [0, 0.1) is 10.1 Å². The van der Waals surface area contributed by atoms with Crippen LogP contribution in [-0.2, 0) is 23.1 Å². The average Bonchev–Trinajstić information content (AvgIpc) is 3.22. The molecule has 0 aliphatic rings. The van der Waals surface area contributed by atoms with E-state index in [1.54, 1.807) is 4.68 Å². The first-order valence-corrected chi connectivity index (χ1v) is 11.3. The Hall–Kier alpha value is -3.82. The maximum Gasteiger partial charge on any atom is 0.269 e. The van der Waals surface area contributed by atoms with Crippen molar-refractivity contribution >= 4 is 15.7 Å². The first-order chi connectivity index (χ1) is 15.4. The molecule has 1 N–H and O–H groups in total. The number of benzene rings is 3. The van der Waals surface area contributed by atoms with Gasteiger partial charge in [-0.15, -0.1) is 0 Å². The Labute approximate surface area is 185 Å². The molecule has 9 heteroatoms. The third kappa shape index (κ3) is 4.90. The molecule has 0 saturated carbocycles. The smallest absolute Gasteiger partial charge is 0.267 e. The van der Waals surface area contributed by atoms with Crippen LogP contribution in [0.15, 0.2) is 96.0 Å². The van der Waals surface area contributed by atoms with Gasteiger partial charge >= 0.3 is 0 Å². The number of hydrogen-bond donors (Lipinski definition) is 1. The van der Waals surface area contributed by atoms with Gasteiger partial charge in [0.05, 0.1) is 22.1 Å². The van der Waals surface area contributed by atoms with E-state index in [9.17, 15) is 18.5 Å². The van der Waals surface area contributed by atoms with Crippen LogP contribution in [-0.4, -0.2) is 23.1 Å². The van der Waals surface area contributed by atoms with Crippen molar-refractivity contribution in [2.45, 2.75) is 18.0 Å². The molecule has 0 spiro atoms. The third-order valence-corrected chi connectivity index (χ3v) is 6.30. The Balaban J connectivity index is 1.59. The Morgan fingerprint density at radius 2 is 1.53 bits per heavy atom. The van der Waals surface area contributed by atoms with Gasteiger partial charge in [0.2, 0.25) is 10.0 Å². The predicted octanol–water partition coefficient (Wildman–Crippen LogP) is 3.99. The molecule has 0 saturated heterocycles. The number of nitrogens with one attached hydrogen (secondary N) is 1. The molecule has 0 unspecified atom stereocenters. The van der Waals surface area contributed by atoms with Gasteiger partial charge in [-0.25, -0.2) is 13.1 Å². The lowest BCUT2D eigenvalue weighted by molar-refractivity contribution is -0.384. The van der Waals surface area contributed by atoms with E-state index in [0.717, 1.165) is 16.7 Å². The van der Waals surface area contributed by atoms with Crippen LogP contribution in [0.4, 0.5) is 5.69 Å². The minimum absolute atomic E-state index is 0.0261. The molecular weight excluding hydrogens is 428 g/mol. The molecule has 3 aromatic carbocycles. The summed E-state index contributed by atoms with van der Waals surface area (Å²) in [6, 6.07) is 24.2. The zero-order valence-corrected chi connectivity index (χ0v) is 17.8. The number of nitro benzene ring substituents is 1. The quantitative estimate of drug-likeness (QED) is 0.324. The number of sulfonamides is 1. The number of nitro groups is 1. The van der Waals surface area contributed by atoms with Gasteiger partial charge in [0.1, 0.15) is 0 Å². The molecular formula is C23H20N4O4S. The van der Waals surface area contributed by atoms with E-state index >= 15 is 0 Å². The van der Waals surface area contributed by atoms with E-state index < -0.39 is 14.9 Å². The lowest BCUT2D eigenvalue weighted by atomic mass is 10.1. The first kappa shape index (κ1) is 21.4. The summed E-state index contributed by atoms with van der Waals surface area (Å²) in [5, 5.41) is 15.5. The SMILES string of the molecule is O=[N+]([O-])c1ccc(S(=O)(=O)NCc2cn(Cc3ccccc3)nc2-c2ccccc2)cc1. The predicted molar refractivity (Wildman–Crippen MR) is 120 cm³/mol. The minimum Gasteiger partial charge on any atom is -0.267 e. The lowest BCUT2D eigenvalue weighted by Crippen LogP contribution is -2.23. The highest BCUT2D eigenvalue weighted by Gasteiger charge is 2.18. The van der Waals surface area contributed by atoms with E-state index in [4.69, 9.17) is 0 Å². The second-order valence-electron chi connectivity index (χ2n) is 7.13. The molecule has 4 rings (SSSR count). The van der Waals surface area contributed by atoms with Crippen molar-refractivity contribution in [2.75, 3.05) is 0 Å². The molecule has 4 aromatic rings. The van der Waals surface area contributed by atoms with Gasteiger partial charge < -0.3 is 0 Å². The van der Waals surface area contributed by atoms with Crippen molar-refractivity contribution < 1.29 is 13.3 Å². The van der Waals surface area contributed by atoms with Gasteiger partial charge in [-0.2, -0.15) is 5.10 Å². The molecule has 0 aliphatic heterocycles. The fourth-order valence-corrected chi connectivity index (χ4v) is 4.29. The molecule has 32 heavy (non-hydrogen) atoms. The Kier molecular flexibility index (Phi) is 6.11. The van der Waals surface area contributed by atoms with Gasteiger partial charge in [-0.3, -0.25) is 14.8 Å². The maximum absolute atomic E-state index is 12.7. The van der Waals surface area contributed by atoms with Gasteiger partial charge in [0.25, 0.3) is 5.69 Å². The average molecular weight is 449 g/mol. The second-order valence-corrected chi connectivity index (χ2v) is 8.89. The molecule has 0 amide bonds. The fraction of sp³-hybridized carbons (Fsp3) is 0.0870. The zero-order valence-electron chi connectivity index (χ0n) is 17.0. The van der Waals surface area contributed by atoms with Gasteiger partial charge in [0, 0.05) is 36.0 Å². The van der Waals surface area contributed by atoms with Crippen molar-refractivity contribution in [3.05, 3.63) is 112 Å². The van der Waals surface area contributed by atoms with Gasteiger partial charge in [0.15, 0.2) is 0 Å². The highest BCUT2D eigenvalue weighted by molar-refractivity contribution is 7.89. The molecule has 0 fully saturated rings. The molecule has 0 atom stereocenters. The number of hydrogen-bond acceptors (Lipinski definition) is 5. The summed E-state index contributed by atoms with van der Waals surface area (Å²) in [5.74, 6) is 0. The van der Waals surface area contributed by atoms with Crippen molar-refractivity contribution in [2.24, 2.45) is 0 Å². The maximum atomic E-state index is 12.7. The minimum atomic E-state index is -3.86. The topological polar surface area (TPSA) is 107 Å². The van der Waals surface area contributed by atoms with Crippen LogP contribution in [0.1, 0.15) is 11.1 Å². The highest BCUT2D eigenvalue weighted by atomic mass is 32.2. The van der Waals surface area contributed by atoms with Crippen LogP contribution in [0.5, 0.6) is 0 Å². The molecule has 1 heterocycles.